The van der Waals surface area contributed by atoms with E-state index in [4.69, 9.17) is 9.47 Å². The fraction of sp³-hybridized carbons (Fsp3) is 0.458. The Kier molecular flexibility index (Phi) is 5.04. The van der Waals surface area contributed by atoms with Crippen LogP contribution in [-0.2, 0) is 5.54 Å². The van der Waals surface area contributed by atoms with Crippen molar-refractivity contribution in [2.45, 2.75) is 52.0 Å². The van der Waals surface area contributed by atoms with Crippen LogP contribution >= 0.6 is 0 Å². The van der Waals surface area contributed by atoms with Crippen molar-refractivity contribution in [3.05, 3.63) is 53.3 Å². The van der Waals surface area contributed by atoms with Gasteiger partial charge in [0.15, 0.2) is 17.3 Å². The standard InChI is InChI=1S/C24H29N5O2/c1-16-8-10-24(11-9-16,25-20-6-4-17(2)14-18(20)3)23-26-27-28-29(23)19-5-7-21-22(15-19)31-13-12-30-21/h4-7,14-16,25H,8-13H2,1-3H3. The lowest BCUT2D eigenvalue weighted by molar-refractivity contribution is 0.171. The van der Waals surface area contributed by atoms with Gasteiger partial charge < -0.3 is 14.8 Å². The molecule has 31 heavy (non-hydrogen) atoms. The smallest absolute Gasteiger partial charge is 0.181 e. The molecular formula is C24H29N5O2. The quantitative estimate of drug-likeness (QED) is 0.668. The molecule has 1 N–H and O–H groups in total. The van der Waals surface area contributed by atoms with E-state index in [1.165, 1.54) is 11.1 Å². The summed E-state index contributed by atoms with van der Waals surface area (Å²) < 4.78 is 13.3. The Balaban J connectivity index is 1.56. The molecule has 2 aromatic carbocycles. The summed E-state index contributed by atoms with van der Waals surface area (Å²) in [6.45, 7) is 7.72. The van der Waals surface area contributed by atoms with E-state index in [9.17, 15) is 0 Å². The molecule has 0 unspecified atom stereocenters. The highest BCUT2D eigenvalue weighted by Crippen LogP contribution is 2.42. The fourth-order valence-corrected chi connectivity index (χ4v) is 4.69. The zero-order chi connectivity index (χ0) is 21.4. The van der Waals surface area contributed by atoms with Crippen LogP contribution in [0.2, 0.25) is 0 Å². The van der Waals surface area contributed by atoms with Gasteiger partial charge in [-0.15, -0.1) is 5.10 Å². The van der Waals surface area contributed by atoms with Crippen molar-refractivity contribution in [3.8, 4) is 17.2 Å². The summed E-state index contributed by atoms with van der Waals surface area (Å²) >= 11 is 0. The Hall–Kier alpha value is -3.09. The van der Waals surface area contributed by atoms with E-state index in [2.05, 4.69) is 59.8 Å². The van der Waals surface area contributed by atoms with Crippen molar-refractivity contribution >= 4 is 5.69 Å². The Morgan fingerprint density at radius 1 is 1.00 bits per heavy atom. The van der Waals surface area contributed by atoms with Crippen molar-refractivity contribution in [2.24, 2.45) is 5.92 Å². The van der Waals surface area contributed by atoms with Crippen molar-refractivity contribution < 1.29 is 9.47 Å². The van der Waals surface area contributed by atoms with Gasteiger partial charge in [0.05, 0.1) is 11.2 Å². The first-order valence-corrected chi connectivity index (χ1v) is 11.1. The molecule has 1 aliphatic heterocycles. The van der Waals surface area contributed by atoms with E-state index in [1.807, 2.05) is 22.9 Å². The monoisotopic (exact) mass is 419 g/mol. The van der Waals surface area contributed by atoms with Crippen molar-refractivity contribution in [1.82, 2.24) is 20.2 Å². The second kappa shape index (κ2) is 7.87. The average molecular weight is 420 g/mol. The van der Waals surface area contributed by atoms with Crippen LogP contribution in [0.5, 0.6) is 11.5 Å². The second-order valence-electron chi connectivity index (χ2n) is 8.95. The minimum absolute atomic E-state index is 0.330. The van der Waals surface area contributed by atoms with Gasteiger partial charge in [0, 0.05) is 11.8 Å². The molecule has 5 rings (SSSR count). The lowest BCUT2D eigenvalue weighted by Crippen LogP contribution is -2.41. The Labute approximate surface area is 182 Å². The Morgan fingerprint density at radius 2 is 1.77 bits per heavy atom. The summed E-state index contributed by atoms with van der Waals surface area (Å²) in [6.07, 6.45) is 4.22. The van der Waals surface area contributed by atoms with Gasteiger partial charge in [0.1, 0.15) is 13.2 Å². The van der Waals surface area contributed by atoms with Gasteiger partial charge >= 0.3 is 0 Å². The number of benzene rings is 2. The molecule has 0 radical (unpaired) electrons. The van der Waals surface area contributed by atoms with Gasteiger partial charge in [0.2, 0.25) is 0 Å². The molecule has 1 fully saturated rings. The van der Waals surface area contributed by atoms with Gasteiger partial charge in [-0.25, -0.2) is 0 Å². The number of rotatable bonds is 4. The van der Waals surface area contributed by atoms with Gasteiger partial charge in [-0.2, -0.15) is 4.68 Å². The third-order valence-electron chi connectivity index (χ3n) is 6.55. The SMILES string of the molecule is Cc1ccc(NC2(c3nnnn3-c3ccc4c(c3)OCCO4)CCC(C)CC2)c(C)c1. The first kappa shape index (κ1) is 19.8. The summed E-state index contributed by atoms with van der Waals surface area (Å²) in [6, 6.07) is 12.4. The number of hydrogen-bond acceptors (Lipinski definition) is 6. The molecule has 3 aromatic rings. The topological polar surface area (TPSA) is 74.1 Å². The number of tetrazole rings is 1. The number of nitrogens with zero attached hydrogens (tertiary/aromatic N) is 4. The molecular weight excluding hydrogens is 390 g/mol. The molecule has 0 saturated heterocycles. The third-order valence-corrected chi connectivity index (χ3v) is 6.55. The minimum Gasteiger partial charge on any atom is -0.486 e. The third kappa shape index (κ3) is 3.73. The van der Waals surface area contributed by atoms with Gasteiger partial charge in [0.25, 0.3) is 0 Å². The maximum Gasteiger partial charge on any atom is 0.181 e. The fourth-order valence-electron chi connectivity index (χ4n) is 4.69. The van der Waals surface area contributed by atoms with Crippen LogP contribution in [-0.4, -0.2) is 33.4 Å². The van der Waals surface area contributed by atoms with E-state index in [0.29, 0.717) is 19.1 Å². The van der Waals surface area contributed by atoms with E-state index in [1.54, 1.807) is 0 Å². The van der Waals surface area contributed by atoms with Crippen LogP contribution < -0.4 is 14.8 Å². The molecule has 162 valence electrons. The molecule has 2 heterocycles. The lowest BCUT2D eigenvalue weighted by Gasteiger charge is -2.40. The highest BCUT2D eigenvalue weighted by atomic mass is 16.6. The highest BCUT2D eigenvalue weighted by molar-refractivity contribution is 5.55. The van der Waals surface area contributed by atoms with Crippen LogP contribution in [0.25, 0.3) is 5.69 Å². The molecule has 1 saturated carbocycles. The molecule has 2 aliphatic rings. The van der Waals surface area contributed by atoms with Crippen LogP contribution in [0.1, 0.15) is 49.6 Å². The van der Waals surface area contributed by atoms with Crippen LogP contribution in [0.3, 0.4) is 0 Å². The molecule has 1 aliphatic carbocycles. The van der Waals surface area contributed by atoms with E-state index >= 15 is 0 Å². The minimum atomic E-state index is -0.330. The summed E-state index contributed by atoms with van der Waals surface area (Å²) in [7, 11) is 0. The Morgan fingerprint density at radius 3 is 2.55 bits per heavy atom. The van der Waals surface area contributed by atoms with Crippen LogP contribution in [0, 0.1) is 19.8 Å². The zero-order valence-electron chi connectivity index (χ0n) is 18.4. The normalized spacial score (nSPS) is 22.9. The average Bonchev–Trinajstić information content (AvgIpc) is 3.28. The van der Waals surface area contributed by atoms with Crippen LogP contribution in [0.4, 0.5) is 5.69 Å². The Bertz CT molecular complexity index is 1090. The van der Waals surface area contributed by atoms with Gasteiger partial charge in [-0.1, -0.05) is 24.6 Å². The van der Waals surface area contributed by atoms with E-state index in [0.717, 1.165) is 54.4 Å². The van der Waals surface area contributed by atoms with Gasteiger partial charge in [-0.3, -0.25) is 0 Å². The predicted molar refractivity (Wildman–Crippen MR) is 119 cm³/mol. The molecule has 7 nitrogen and oxygen atoms in total. The number of hydrogen-bond donors (Lipinski definition) is 1. The molecule has 0 atom stereocenters. The number of aromatic nitrogens is 4. The maximum absolute atomic E-state index is 5.79. The van der Waals surface area contributed by atoms with Crippen molar-refractivity contribution in [1.29, 1.82) is 0 Å². The summed E-state index contributed by atoms with van der Waals surface area (Å²) in [5.74, 6) is 3.04. The summed E-state index contributed by atoms with van der Waals surface area (Å²) in [5, 5.41) is 16.9. The van der Waals surface area contributed by atoms with Crippen molar-refractivity contribution in [3.63, 3.8) is 0 Å². The predicted octanol–water partition coefficient (Wildman–Crippen LogP) is 4.57. The molecule has 7 heteroatoms. The number of fused-ring (bicyclic) bond motifs is 1. The summed E-state index contributed by atoms with van der Waals surface area (Å²) in [4.78, 5) is 0. The second-order valence-corrected chi connectivity index (χ2v) is 8.95. The van der Waals surface area contributed by atoms with Crippen LogP contribution in [0.15, 0.2) is 36.4 Å². The largest absolute Gasteiger partial charge is 0.486 e. The molecule has 0 amide bonds. The van der Waals surface area contributed by atoms with Crippen molar-refractivity contribution in [2.75, 3.05) is 18.5 Å². The first-order chi connectivity index (χ1) is 15.0. The highest BCUT2D eigenvalue weighted by Gasteiger charge is 2.41. The van der Waals surface area contributed by atoms with E-state index in [-0.39, 0.29) is 5.54 Å². The number of ether oxygens (including phenoxy) is 2. The first-order valence-electron chi connectivity index (χ1n) is 11.1. The van der Waals surface area contributed by atoms with Gasteiger partial charge in [-0.05, 0) is 79.6 Å². The number of anilines is 1. The molecule has 1 aromatic heterocycles. The summed E-state index contributed by atoms with van der Waals surface area (Å²) in [5.41, 5.74) is 4.18. The zero-order valence-corrected chi connectivity index (χ0v) is 18.4. The lowest BCUT2D eigenvalue weighted by atomic mass is 9.76. The maximum atomic E-state index is 5.79. The number of nitrogens with one attached hydrogen (secondary N) is 1. The van der Waals surface area contributed by atoms with E-state index < -0.39 is 0 Å². The molecule has 0 bridgehead atoms. The molecule has 0 spiro atoms. The number of aryl methyl sites for hydroxylation is 2.